The Kier molecular flexibility index (Phi) is 8.05. The zero-order chi connectivity index (χ0) is 22.5. The molecule has 2 aliphatic rings. The van der Waals surface area contributed by atoms with Crippen molar-refractivity contribution in [2.45, 2.75) is 17.5 Å². The number of esters is 1. The Hall–Kier alpha value is -1.67. The number of thioether (sulfide) groups is 2. The molecule has 5 nitrogen and oxygen atoms in total. The summed E-state index contributed by atoms with van der Waals surface area (Å²) in [5.74, 6) is 2.14. The molecule has 0 bridgehead atoms. The number of carbonyl (C=O) groups is 2. The van der Waals surface area contributed by atoms with Crippen molar-refractivity contribution in [2.75, 3.05) is 44.3 Å². The molecule has 0 aromatic heterocycles. The number of hydrogen-bond acceptors (Lipinski definition) is 6. The Morgan fingerprint density at radius 2 is 1.62 bits per heavy atom. The number of piperazine rings is 1. The first-order valence-electron chi connectivity index (χ1n) is 10.9. The molecule has 170 valence electrons. The van der Waals surface area contributed by atoms with Gasteiger partial charge in [0.2, 0.25) is 0 Å². The molecule has 2 heterocycles. The molecular formula is C24H27ClN2O3S2. The monoisotopic (exact) mass is 490 g/mol. The van der Waals surface area contributed by atoms with Crippen molar-refractivity contribution in [3.63, 3.8) is 0 Å². The highest BCUT2D eigenvalue weighted by Gasteiger charge is 2.33. The zero-order valence-electron chi connectivity index (χ0n) is 18.0. The summed E-state index contributed by atoms with van der Waals surface area (Å²) in [7, 11) is 0. The van der Waals surface area contributed by atoms with Crippen LogP contribution >= 0.6 is 35.1 Å². The van der Waals surface area contributed by atoms with Crippen LogP contribution in [0.2, 0.25) is 5.02 Å². The molecule has 0 spiro atoms. The molecule has 2 aromatic rings. The summed E-state index contributed by atoms with van der Waals surface area (Å²) in [5.41, 5.74) is 2.85. The largest absolute Gasteiger partial charge is 0.465 e. The average Bonchev–Trinajstić information content (AvgIpc) is 3.36. The van der Waals surface area contributed by atoms with Gasteiger partial charge in [0, 0.05) is 48.3 Å². The minimum atomic E-state index is -0.495. The van der Waals surface area contributed by atoms with E-state index in [1.54, 1.807) is 12.1 Å². The van der Waals surface area contributed by atoms with E-state index in [0.29, 0.717) is 42.4 Å². The number of halogens is 1. The van der Waals surface area contributed by atoms with Gasteiger partial charge in [0.05, 0.1) is 11.2 Å². The lowest BCUT2D eigenvalue weighted by Gasteiger charge is -2.38. The van der Waals surface area contributed by atoms with Crippen LogP contribution in [-0.2, 0) is 9.53 Å². The summed E-state index contributed by atoms with van der Waals surface area (Å²) in [5, 5.41) is 0.628. The van der Waals surface area contributed by atoms with E-state index in [9.17, 15) is 9.59 Å². The molecule has 0 N–H and O–H groups in total. The van der Waals surface area contributed by atoms with Crippen molar-refractivity contribution in [3.05, 3.63) is 70.2 Å². The topological polar surface area (TPSA) is 49.9 Å². The summed E-state index contributed by atoms with van der Waals surface area (Å²) in [6, 6.07) is 14.9. The lowest BCUT2D eigenvalue weighted by atomic mass is 10.0. The second kappa shape index (κ2) is 11.0. The summed E-state index contributed by atoms with van der Waals surface area (Å²) >= 11 is 9.95. The lowest BCUT2D eigenvalue weighted by Crippen LogP contribution is -2.51. The maximum Gasteiger partial charge on any atom is 0.328 e. The Morgan fingerprint density at radius 3 is 2.22 bits per heavy atom. The molecule has 8 heteroatoms. The highest BCUT2D eigenvalue weighted by atomic mass is 35.5. The minimum absolute atomic E-state index is 0.0436. The SMILES string of the molecule is CCOC(=O)C(c1ccc(Cl)cc1)N1CCN(C(=O)c2ccc(C3SCCS3)cc2)CC1. The molecule has 2 aromatic carbocycles. The third-order valence-corrected chi connectivity index (χ3v) is 9.07. The van der Waals surface area contributed by atoms with Crippen LogP contribution in [0.4, 0.5) is 0 Å². The first kappa shape index (κ1) is 23.5. The smallest absolute Gasteiger partial charge is 0.328 e. The fraction of sp³-hybridized carbons (Fsp3) is 0.417. The summed E-state index contributed by atoms with van der Waals surface area (Å²) < 4.78 is 5.82. The van der Waals surface area contributed by atoms with Gasteiger partial charge in [-0.2, -0.15) is 0 Å². The van der Waals surface area contributed by atoms with Gasteiger partial charge in [-0.15, -0.1) is 23.5 Å². The molecule has 1 unspecified atom stereocenters. The Morgan fingerprint density at radius 1 is 1.00 bits per heavy atom. The standard InChI is InChI=1S/C24H27ClN2O3S2/c1-2-30-23(29)21(17-7-9-20(25)10-8-17)26-11-13-27(14-12-26)22(28)18-3-5-19(6-4-18)24-31-15-16-32-24/h3-10,21,24H,2,11-16H2,1H3. The summed E-state index contributed by atoms with van der Waals surface area (Å²) in [6.45, 7) is 4.48. The van der Waals surface area contributed by atoms with E-state index >= 15 is 0 Å². The second-order valence-corrected chi connectivity index (χ2v) is 10.9. The van der Waals surface area contributed by atoms with Crippen molar-refractivity contribution in [2.24, 2.45) is 0 Å². The van der Waals surface area contributed by atoms with Gasteiger partial charge in [0.25, 0.3) is 5.91 Å². The van der Waals surface area contributed by atoms with Crippen molar-refractivity contribution in [3.8, 4) is 0 Å². The van der Waals surface area contributed by atoms with Crippen LogP contribution in [0.5, 0.6) is 0 Å². The van der Waals surface area contributed by atoms with Crippen LogP contribution < -0.4 is 0 Å². The molecule has 0 saturated carbocycles. The number of amides is 1. The molecule has 0 radical (unpaired) electrons. The quantitative estimate of drug-likeness (QED) is 0.538. The molecule has 1 amide bonds. The van der Waals surface area contributed by atoms with Gasteiger partial charge in [0.1, 0.15) is 6.04 Å². The fourth-order valence-corrected chi connectivity index (χ4v) is 7.05. The third-order valence-electron chi connectivity index (χ3n) is 5.71. The molecule has 2 saturated heterocycles. The number of benzene rings is 2. The fourth-order valence-electron chi connectivity index (χ4n) is 4.06. The Bertz CT molecular complexity index is 925. The highest BCUT2D eigenvalue weighted by molar-refractivity contribution is 8.19. The maximum atomic E-state index is 13.0. The van der Waals surface area contributed by atoms with E-state index in [0.717, 1.165) is 11.1 Å². The van der Waals surface area contributed by atoms with Crippen LogP contribution in [0.3, 0.4) is 0 Å². The predicted octanol–water partition coefficient (Wildman–Crippen LogP) is 4.88. The number of rotatable bonds is 6. The molecule has 2 aliphatic heterocycles. The van der Waals surface area contributed by atoms with E-state index in [2.05, 4.69) is 17.0 Å². The van der Waals surface area contributed by atoms with Gasteiger partial charge in [-0.25, -0.2) is 4.79 Å². The third kappa shape index (κ3) is 5.45. The maximum absolute atomic E-state index is 13.0. The highest BCUT2D eigenvalue weighted by Crippen LogP contribution is 2.45. The first-order valence-corrected chi connectivity index (χ1v) is 13.3. The molecule has 32 heavy (non-hydrogen) atoms. The van der Waals surface area contributed by atoms with Crippen molar-refractivity contribution >= 4 is 47.0 Å². The Balaban J connectivity index is 1.40. The molecule has 1 atom stereocenters. The average molecular weight is 491 g/mol. The number of hydrogen-bond donors (Lipinski definition) is 0. The normalized spacial score (nSPS) is 18.5. The van der Waals surface area contributed by atoms with Crippen molar-refractivity contribution in [1.29, 1.82) is 0 Å². The first-order chi connectivity index (χ1) is 15.6. The van der Waals surface area contributed by atoms with E-state index in [-0.39, 0.29) is 11.9 Å². The van der Waals surface area contributed by atoms with Crippen LogP contribution in [0.1, 0.15) is 39.0 Å². The lowest BCUT2D eigenvalue weighted by molar-refractivity contribution is -0.150. The Labute approximate surface area is 202 Å². The van der Waals surface area contributed by atoms with Crippen LogP contribution in [-0.4, -0.2) is 66.0 Å². The minimum Gasteiger partial charge on any atom is -0.465 e. The van der Waals surface area contributed by atoms with Gasteiger partial charge >= 0.3 is 5.97 Å². The summed E-state index contributed by atoms with van der Waals surface area (Å²) in [6.07, 6.45) is 0. The van der Waals surface area contributed by atoms with Gasteiger partial charge in [-0.1, -0.05) is 35.9 Å². The van der Waals surface area contributed by atoms with Crippen LogP contribution in [0, 0.1) is 0 Å². The van der Waals surface area contributed by atoms with Crippen molar-refractivity contribution < 1.29 is 14.3 Å². The molecule has 2 fully saturated rings. The van der Waals surface area contributed by atoms with Crippen molar-refractivity contribution in [1.82, 2.24) is 9.80 Å². The van der Waals surface area contributed by atoms with E-state index < -0.39 is 6.04 Å². The van der Waals surface area contributed by atoms with Crippen LogP contribution in [0.25, 0.3) is 0 Å². The van der Waals surface area contributed by atoms with E-state index in [1.165, 1.54) is 17.1 Å². The van der Waals surface area contributed by atoms with Gasteiger partial charge in [-0.05, 0) is 42.3 Å². The van der Waals surface area contributed by atoms with Gasteiger partial charge < -0.3 is 9.64 Å². The second-order valence-electron chi connectivity index (χ2n) is 7.73. The number of nitrogens with zero attached hydrogens (tertiary/aromatic N) is 2. The number of carbonyl (C=O) groups excluding carboxylic acids is 2. The molecule has 0 aliphatic carbocycles. The number of ether oxygens (including phenoxy) is 1. The zero-order valence-corrected chi connectivity index (χ0v) is 20.4. The van der Waals surface area contributed by atoms with Crippen LogP contribution in [0.15, 0.2) is 48.5 Å². The van der Waals surface area contributed by atoms with Gasteiger partial charge in [-0.3, -0.25) is 9.69 Å². The molecule has 4 rings (SSSR count). The molecular weight excluding hydrogens is 464 g/mol. The van der Waals surface area contributed by atoms with E-state index in [1.807, 2.05) is 59.6 Å². The predicted molar refractivity (Wildman–Crippen MR) is 132 cm³/mol. The summed E-state index contributed by atoms with van der Waals surface area (Å²) in [4.78, 5) is 29.7. The van der Waals surface area contributed by atoms with E-state index in [4.69, 9.17) is 16.3 Å². The van der Waals surface area contributed by atoms with Gasteiger partial charge in [0.15, 0.2) is 0 Å².